The molecule has 0 rings (SSSR count). The summed E-state index contributed by atoms with van der Waals surface area (Å²) >= 11 is 0. The van der Waals surface area contributed by atoms with Crippen LogP contribution in [0.15, 0.2) is 48.6 Å². The Morgan fingerprint density at radius 3 is 1.79 bits per heavy atom. The molecular formula is C23H42NO3P. The van der Waals surface area contributed by atoms with E-state index in [1.807, 2.05) is 0 Å². The molecule has 0 spiro atoms. The molecule has 0 radical (unpaired) electrons. The van der Waals surface area contributed by atoms with Crippen molar-refractivity contribution in [2.75, 3.05) is 19.3 Å². The first-order valence-corrected chi connectivity index (χ1v) is 12.6. The highest BCUT2D eigenvalue weighted by Gasteiger charge is 2.17. The van der Waals surface area contributed by atoms with Gasteiger partial charge in [0.1, 0.15) is 0 Å². The molecule has 28 heavy (non-hydrogen) atoms. The van der Waals surface area contributed by atoms with E-state index in [0.717, 1.165) is 38.5 Å². The van der Waals surface area contributed by atoms with Gasteiger partial charge in [0, 0.05) is 0 Å². The van der Waals surface area contributed by atoms with Gasteiger partial charge in [-0.1, -0.05) is 68.4 Å². The summed E-state index contributed by atoms with van der Waals surface area (Å²) in [4.78, 5) is 9.54. The maximum atomic E-state index is 11.6. The summed E-state index contributed by atoms with van der Waals surface area (Å²) in [6, 6.07) is 0. The maximum Gasteiger partial charge on any atom is 0.328 e. The van der Waals surface area contributed by atoms with Crippen molar-refractivity contribution in [3.63, 3.8) is 0 Å². The quantitative estimate of drug-likeness (QED) is 0.141. The van der Waals surface area contributed by atoms with Crippen LogP contribution in [-0.2, 0) is 9.09 Å². The number of allylic oxidation sites excluding steroid dienone is 8. The lowest BCUT2D eigenvalue weighted by atomic mass is 10.2. The summed E-state index contributed by atoms with van der Waals surface area (Å²) in [5.41, 5.74) is 5.33. The first-order valence-electron chi connectivity index (χ1n) is 10.9. The molecule has 0 bridgehead atoms. The van der Waals surface area contributed by atoms with Crippen molar-refractivity contribution in [3.8, 4) is 0 Å². The van der Waals surface area contributed by atoms with Crippen LogP contribution >= 0.6 is 7.60 Å². The van der Waals surface area contributed by atoms with Crippen molar-refractivity contribution in [2.24, 2.45) is 5.73 Å². The van der Waals surface area contributed by atoms with E-state index in [2.05, 4.69) is 55.5 Å². The van der Waals surface area contributed by atoms with Gasteiger partial charge in [-0.15, -0.1) is 0 Å². The fourth-order valence-electron chi connectivity index (χ4n) is 2.49. The molecule has 0 aliphatic carbocycles. The standard InChI is InChI=1S/C23H42NO3P/c1-2-3-4-5-6-7-8-9-10-11-12-13-14-15-16-17-18-19-22-27-28(25,26)23-20-21-24/h6-7,9-10,12-13,15-16H,2-5,8,11,14,17-24H2,1H3,(H,25,26). The van der Waals surface area contributed by atoms with Gasteiger partial charge in [-0.3, -0.25) is 4.57 Å². The second-order valence-corrected chi connectivity index (χ2v) is 8.90. The summed E-state index contributed by atoms with van der Waals surface area (Å²) in [5, 5.41) is 0. The molecule has 162 valence electrons. The fraction of sp³-hybridized carbons (Fsp3) is 0.652. The zero-order valence-electron chi connectivity index (χ0n) is 17.8. The Labute approximate surface area is 173 Å². The van der Waals surface area contributed by atoms with Crippen molar-refractivity contribution >= 4 is 7.60 Å². The van der Waals surface area contributed by atoms with E-state index in [9.17, 15) is 9.46 Å². The van der Waals surface area contributed by atoms with Crippen LogP contribution in [0.5, 0.6) is 0 Å². The molecule has 0 aromatic carbocycles. The Morgan fingerprint density at radius 1 is 0.786 bits per heavy atom. The molecule has 1 atom stereocenters. The number of nitrogens with two attached hydrogens (primary N) is 1. The minimum absolute atomic E-state index is 0.153. The lowest BCUT2D eigenvalue weighted by Gasteiger charge is -2.10. The van der Waals surface area contributed by atoms with Crippen LogP contribution in [0, 0.1) is 0 Å². The van der Waals surface area contributed by atoms with Gasteiger partial charge < -0.3 is 15.2 Å². The predicted molar refractivity (Wildman–Crippen MR) is 123 cm³/mol. The number of unbranched alkanes of at least 4 members (excludes halogenated alkanes) is 5. The van der Waals surface area contributed by atoms with E-state index in [1.165, 1.54) is 25.7 Å². The maximum absolute atomic E-state index is 11.6. The van der Waals surface area contributed by atoms with Gasteiger partial charge >= 0.3 is 7.60 Å². The van der Waals surface area contributed by atoms with Crippen molar-refractivity contribution in [3.05, 3.63) is 48.6 Å². The fourth-order valence-corrected chi connectivity index (χ4v) is 3.61. The highest BCUT2D eigenvalue weighted by molar-refractivity contribution is 7.52. The lowest BCUT2D eigenvalue weighted by molar-refractivity contribution is 0.253. The minimum Gasteiger partial charge on any atom is -0.330 e. The van der Waals surface area contributed by atoms with E-state index in [0.29, 0.717) is 19.6 Å². The molecule has 0 aromatic heterocycles. The molecular weight excluding hydrogens is 369 g/mol. The molecule has 0 saturated carbocycles. The second kappa shape index (κ2) is 20.8. The molecule has 3 N–H and O–H groups in total. The third kappa shape index (κ3) is 21.4. The highest BCUT2D eigenvalue weighted by atomic mass is 31.2. The van der Waals surface area contributed by atoms with Gasteiger partial charge in [-0.2, -0.15) is 0 Å². The van der Waals surface area contributed by atoms with Crippen molar-refractivity contribution in [1.29, 1.82) is 0 Å². The lowest BCUT2D eigenvalue weighted by Crippen LogP contribution is -2.04. The van der Waals surface area contributed by atoms with E-state index >= 15 is 0 Å². The second-order valence-electron chi connectivity index (χ2n) is 6.92. The van der Waals surface area contributed by atoms with Gasteiger partial charge in [0.05, 0.1) is 12.8 Å². The van der Waals surface area contributed by atoms with Crippen molar-refractivity contribution in [2.45, 2.75) is 77.6 Å². The third-order valence-corrected chi connectivity index (χ3v) is 5.63. The zero-order chi connectivity index (χ0) is 20.8. The average molecular weight is 412 g/mol. The van der Waals surface area contributed by atoms with Gasteiger partial charge in [-0.05, 0) is 64.3 Å². The van der Waals surface area contributed by atoms with E-state index in [4.69, 9.17) is 10.3 Å². The summed E-state index contributed by atoms with van der Waals surface area (Å²) in [6.45, 7) is 2.99. The molecule has 0 amide bonds. The Morgan fingerprint density at radius 2 is 1.29 bits per heavy atom. The molecule has 5 heteroatoms. The Balaban J connectivity index is 3.49. The number of hydrogen-bond acceptors (Lipinski definition) is 3. The Kier molecular flexibility index (Phi) is 20.1. The Hall–Kier alpha value is -0.930. The zero-order valence-corrected chi connectivity index (χ0v) is 18.7. The van der Waals surface area contributed by atoms with Crippen LogP contribution in [0.4, 0.5) is 0 Å². The molecule has 0 aliphatic rings. The smallest absolute Gasteiger partial charge is 0.328 e. The number of hydrogen-bond donors (Lipinski definition) is 2. The molecule has 0 saturated heterocycles. The van der Waals surface area contributed by atoms with Crippen molar-refractivity contribution in [1.82, 2.24) is 0 Å². The summed E-state index contributed by atoms with van der Waals surface area (Å²) in [7, 11) is -3.42. The van der Waals surface area contributed by atoms with E-state index in [1.54, 1.807) is 0 Å². The Bertz CT molecular complexity index is 498. The largest absolute Gasteiger partial charge is 0.330 e. The summed E-state index contributed by atoms with van der Waals surface area (Å²) in [6.07, 6.45) is 29.2. The van der Waals surface area contributed by atoms with Gasteiger partial charge in [0.2, 0.25) is 0 Å². The van der Waals surface area contributed by atoms with Crippen LogP contribution < -0.4 is 5.73 Å². The predicted octanol–water partition coefficient (Wildman–Crippen LogP) is 6.68. The van der Waals surface area contributed by atoms with Crippen LogP contribution in [0.2, 0.25) is 0 Å². The average Bonchev–Trinajstić information content (AvgIpc) is 2.68. The number of rotatable bonds is 19. The topological polar surface area (TPSA) is 72.5 Å². The first-order chi connectivity index (χ1) is 13.6. The molecule has 0 aliphatic heterocycles. The highest BCUT2D eigenvalue weighted by Crippen LogP contribution is 2.42. The van der Waals surface area contributed by atoms with Gasteiger partial charge in [0.25, 0.3) is 0 Å². The summed E-state index contributed by atoms with van der Waals surface area (Å²) in [5.74, 6) is 0. The van der Waals surface area contributed by atoms with Crippen LogP contribution in [-0.4, -0.2) is 24.2 Å². The van der Waals surface area contributed by atoms with Gasteiger partial charge in [0.15, 0.2) is 0 Å². The summed E-state index contributed by atoms with van der Waals surface area (Å²) < 4.78 is 16.7. The monoisotopic (exact) mass is 411 g/mol. The molecule has 1 unspecified atom stereocenters. The van der Waals surface area contributed by atoms with E-state index in [-0.39, 0.29) is 6.16 Å². The minimum atomic E-state index is -3.42. The van der Waals surface area contributed by atoms with Crippen molar-refractivity contribution < 1.29 is 14.0 Å². The van der Waals surface area contributed by atoms with Crippen LogP contribution in [0.1, 0.15) is 77.6 Å². The van der Waals surface area contributed by atoms with Gasteiger partial charge in [-0.25, -0.2) is 0 Å². The first kappa shape index (κ1) is 27.1. The molecule has 4 nitrogen and oxygen atoms in total. The normalized spacial score (nSPS) is 14.8. The van der Waals surface area contributed by atoms with Crippen LogP contribution in [0.25, 0.3) is 0 Å². The molecule has 0 aromatic rings. The molecule has 0 fully saturated rings. The van der Waals surface area contributed by atoms with Crippen LogP contribution in [0.3, 0.4) is 0 Å². The van der Waals surface area contributed by atoms with E-state index < -0.39 is 7.60 Å². The molecule has 0 heterocycles. The third-order valence-electron chi connectivity index (χ3n) is 4.16. The SMILES string of the molecule is CCCCCC=CCC=CCC=CCC=CCCCCOP(=O)(O)CCCN.